The number of rotatable bonds is 15. The van der Waals surface area contributed by atoms with Crippen molar-refractivity contribution in [3.8, 4) is 11.5 Å². The predicted molar refractivity (Wildman–Crippen MR) is 139 cm³/mol. The molecule has 2 aromatic carbocycles. The van der Waals surface area contributed by atoms with Gasteiger partial charge in [0.1, 0.15) is 30.8 Å². The molecule has 4 N–H and O–H groups in total. The van der Waals surface area contributed by atoms with Crippen molar-refractivity contribution in [1.29, 1.82) is 0 Å². The molecule has 3 rings (SSSR count). The van der Waals surface area contributed by atoms with E-state index in [1.54, 1.807) is 30.3 Å². The summed E-state index contributed by atoms with van der Waals surface area (Å²) in [6.45, 7) is 2.36. The van der Waals surface area contributed by atoms with Gasteiger partial charge in [0, 0.05) is 25.3 Å². The van der Waals surface area contributed by atoms with Crippen LogP contribution in [0.15, 0.2) is 48.5 Å². The van der Waals surface area contributed by atoms with E-state index in [9.17, 15) is 14.7 Å². The van der Waals surface area contributed by atoms with Crippen molar-refractivity contribution in [3.05, 3.63) is 54.1 Å². The standard InChI is InChI=1S/C27H37N3O7/c1-34-26(32)20-5-4-6-21(17-20)30-27(33)29-14-13-28-18-22(31)19-37-25-11-9-24(10-12-25)36-16-15-35-23-7-2-3-8-23/h4-6,9-12,17,22-23,28,31H,2-3,7-8,13-16,18-19H2,1H3,(H2,29,30,33). The quantitative estimate of drug-likeness (QED) is 0.211. The number of aliphatic hydroxyl groups excluding tert-OH is 1. The van der Waals surface area contributed by atoms with Crippen LogP contribution in [0.5, 0.6) is 11.5 Å². The fourth-order valence-electron chi connectivity index (χ4n) is 3.86. The lowest BCUT2D eigenvalue weighted by Gasteiger charge is -2.14. The summed E-state index contributed by atoms with van der Waals surface area (Å²) in [5.74, 6) is 0.915. The number of nitrogens with one attached hydrogen (secondary N) is 3. The molecule has 0 aliphatic heterocycles. The molecule has 0 spiro atoms. The first-order valence-corrected chi connectivity index (χ1v) is 12.6. The van der Waals surface area contributed by atoms with Gasteiger partial charge in [-0.2, -0.15) is 0 Å². The van der Waals surface area contributed by atoms with Gasteiger partial charge in [-0.1, -0.05) is 18.9 Å². The number of hydrogen-bond acceptors (Lipinski definition) is 8. The summed E-state index contributed by atoms with van der Waals surface area (Å²) >= 11 is 0. The highest BCUT2D eigenvalue weighted by Gasteiger charge is 2.14. The van der Waals surface area contributed by atoms with E-state index in [-0.39, 0.29) is 6.61 Å². The number of urea groups is 1. The SMILES string of the molecule is COC(=O)c1cccc(NC(=O)NCCNCC(O)COc2ccc(OCCOC3CCCC3)cc2)c1. The van der Waals surface area contributed by atoms with Crippen LogP contribution in [0.1, 0.15) is 36.0 Å². The van der Waals surface area contributed by atoms with Crippen molar-refractivity contribution in [2.24, 2.45) is 0 Å². The van der Waals surface area contributed by atoms with Crippen LogP contribution in [0.3, 0.4) is 0 Å². The van der Waals surface area contributed by atoms with Gasteiger partial charge in [-0.25, -0.2) is 9.59 Å². The molecule has 10 nitrogen and oxygen atoms in total. The van der Waals surface area contributed by atoms with Gasteiger partial charge in [0.05, 0.1) is 25.4 Å². The molecule has 2 aromatic rings. The van der Waals surface area contributed by atoms with E-state index in [2.05, 4.69) is 20.7 Å². The highest BCUT2D eigenvalue weighted by atomic mass is 16.5. The van der Waals surface area contributed by atoms with Gasteiger partial charge in [0.25, 0.3) is 0 Å². The van der Waals surface area contributed by atoms with E-state index in [1.165, 1.54) is 26.0 Å². The van der Waals surface area contributed by atoms with Crippen molar-refractivity contribution in [2.75, 3.05) is 51.9 Å². The van der Waals surface area contributed by atoms with Crippen molar-refractivity contribution >= 4 is 17.7 Å². The Morgan fingerprint density at radius 3 is 2.46 bits per heavy atom. The van der Waals surface area contributed by atoms with Crippen LogP contribution >= 0.6 is 0 Å². The van der Waals surface area contributed by atoms with Crippen molar-refractivity contribution in [2.45, 2.75) is 37.9 Å². The lowest BCUT2D eigenvalue weighted by atomic mass is 10.2. The van der Waals surface area contributed by atoms with Crippen LogP contribution in [0.25, 0.3) is 0 Å². The average molecular weight is 516 g/mol. The van der Waals surface area contributed by atoms with E-state index < -0.39 is 18.1 Å². The molecule has 2 amide bonds. The summed E-state index contributed by atoms with van der Waals surface area (Å²) in [4.78, 5) is 23.6. The third-order valence-corrected chi connectivity index (χ3v) is 5.78. The molecule has 0 aromatic heterocycles. The normalized spacial score (nSPS) is 14.1. The monoisotopic (exact) mass is 515 g/mol. The second-order valence-electron chi connectivity index (χ2n) is 8.72. The Morgan fingerprint density at radius 2 is 1.73 bits per heavy atom. The van der Waals surface area contributed by atoms with E-state index >= 15 is 0 Å². The predicted octanol–water partition coefficient (Wildman–Crippen LogP) is 2.96. The molecule has 1 aliphatic rings. The van der Waals surface area contributed by atoms with Gasteiger partial charge in [-0.05, 0) is 55.3 Å². The first kappa shape index (κ1) is 28.2. The highest BCUT2D eigenvalue weighted by molar-refractivity contribution is 5.93. The molecule has 0 heterocycles. The second kappa shape index (κ2) is 15.7. The van der Waals surface area contributed by atoms with E-state index in [0.29, 0.717) is 56.0 Å². The minimum absolute atomic E-state index is 0.132. The molecule has 0 bridgehead atoms. The zero-order chi connectivity index (χ0) is 26.3. The van der Waals surface area contributed by atoms with Gasteiger partial charge in [-0.3, -0.25) is 0 Å². The van der Waals surface area contributed by atoms with Gasteiger partial charge >= 0.3 is 12.0 Å². The third-order valence-electron chi connectivity index (χ3n) is 5.78. The van der Waals surface area contributed by atoms with Crippen LogP contribution in [0.2, 0.25) is 0 Å². The topological polar surface area (TPSA) is 127 Å². The molecule has 0 saturated heterocycles. The smallest absolute Gasteiger partial charge is 0.337 e. The zero-order valence-electron chi connectivity index (χ0n) is 21.2. The Hall–Kier alpha value is -3.34. The molecule has 10 heteroatoms. The van der Waals surface area contributed by atoms with Crippen molar-refractivity contribution in [3.63, 3.8) is 0 Å². The molecule has 1 fully saturated rings. The summed E-state index contributed by atoms with van der Waals surface area (Å²) in [7, 11) is 1.30. The lowest BCUT2D eigenvalue weighted by molar-refractivity contribution is 0.0382. The fraction of sp³-hybridized carbons (Fsp3) is 0.481. The second-order valence-corrected chi connectivity index (χ2v) is 8.72. The van der Waals surface area contributed by atoms with Crippen molar-refractivity contribution < 1.29 is 33.6 Å². The number of methoxy groups -OCH3 is 1. The van der Waals surface area contributed by atoms with E-state index in [4.69, 9.17) is 14.2 Å². The molecule has 1 atom stereocenters. The number of esters is 1. The zero-order valence-corrected chi connectivity index (χ0v) is 21.2. The van der Waals surface area contributed by atoms with Crippen LogP contribution < -0.4 is 25.4 Å². The lowest BCUT2D eigenvalue weighted by Crippen LogP contribution is -2.38. The van der Waals surface area contributed by atoms with Crippen LogP contribution in [-0.2, 0) is 9.47 Å². The number of anilines is 1. The maximum Gasteiger partial charge on any atom is 0.337 e. The third kappa shape index (κ3) is 10.7. The number of amides is 2. The Balaban J connectivity index is 1.22. The number of hydrogen-bond donors (Lipinski definition) is 4. The summed E-state index contributed by atoms with van der Waals surface area (Å²) in [5.41, 5.74) is 0.830. The minimum Gasteiger partial charge on any atom is -0.491 e. The Kier molecular flexibility index (Phi) is 12.0. The number of carbonyl (C=O) groups excluding carboxylic acids is 2. The van der Waals surface area contributed by atoms with E-state index in [0.717, 1.165) is 18.6 Å². The van der Waals surface area contributed by atoms with Gasteiger partial charge in [0.15, 0.2) is 0 Å². The molecular formula is C27H37N3O7. The maximum absolute atomic E-state index is 12.0. The summed E-state index contributed by atoms with van der Waals surface area (Å²) in [5, 5.41) is 18.6. The Labute approximate surface area is 217 Å². The first-order chi connectivity index (χ1) is 18.0. The summed E-state index contributed by atoms with van der Waals surface area (Å²) in [6, 6.07) is 13.3. The molecule has 202 valence electrons. The fourth-order valence-corrected chi connectivity index (χ4v) is 3.86. The molecule has 1 unspecified atom stereocenters. The number of benzene rings is 2. The van der Waals surface area contributed by atoms with Gasteiger partial charge in [0.2, 0.25) is 0 Å². The number of ether oxygens (including phenoxy) is 4. The summed E-state index contributed by atoms with van der Waals surface area (Å²) < 4.78 is 21.8. The highest BCUT2D eigenvalue weighted by Crippen LogP contribution is 2.21. The van der Waals surface area contributed by atoms with Crippen molar-refractivity contribution in [1.82, 2.24) is 10.6 Å². The van der Waals surface area contributed by atoms with Crippen LogP contribution in [0.4, 0.5) is 10.5 Å². The summed E-state index contributed by atoms with van der Waals surface area (Å²) in [6.07, 6.45) is 4.49. The molecule has 1 aliphatic carbocycles. The molecule has 1 saturated carbocycles. The Bertz CT molecular complexity index is 965. The van der Waals surface area contributed by atoms with Crippen LogP contribution in [-0.4, -0.2) is 75.9 Å². The molecule has 37 heavy (non-hydrogen) atoms. The number of aliphatic hydroxyl groups is 1. The van der Waals surface area contributed by atoms with Gasteiger partial charge in [-0.15, -0.1) is 0 Å². The molecular weight excluding hydrogens is 478 g/mol. The maximum atomic E-state index is 12.0. The largest absolute Gasteiger partial charge is 0.491 e. The minimum atomic E-state index is -0.710. The van der Waals surface area contributed by atoms with Gasteiger partial charge < -0.3 is 40.0 Å². The number of carbonyl (C=O) groups is 2. The van der Waals surface area contributed by atoms with Crippen LogP contribution in [0, 0.1) is 0 Å². The van der Waals surface area contributed by atoms with E-state index in [1.807, 2.05) is 12.1 Å². The Morgan fingerprint density at radius 1 is 1.00 bits per heavy atom. The first-order valence-electron chi connectivity index (χ1n) is 12.6. The molecule has 0 radical (unpaired) electrons. The average Bonchev–Trinajstić information content (AvgIpc) is 3.44.